The SMILES string of the molecule is Cc1ccc(OC[C@H](C)NC(=O)c2cccc(N3CCCC3=O)c2)cc1C. The molecule has 2 aromatic carbocycles. The van der Waals surface area contributed by atoms with Crippen LogP contribution >= 0.6 is 0 Å². The van der Waals surface area contributed by atoms with Crippen molar-refractivity contribution >= 4 is 17.5 Å². The first kappa shape index (κ1) is 19.0. The molecule has 0 spiro atoms. The Morgan fingerprint density at radius 1 is 1.19 bits per heavy atom. The van der Waals surface area contributed by atoms with E-state index >= 15 is 0 Å². The van der Waals surface area contributed by atoms with Gasteiger partial charge in [-0.15, -0.1) is 0 Å². The Balaban J connectivity index is 1.58. The van der Waals surface area contributed by atoms with Gasteiger partial charge >= 0.3 is 0 Å². The van der Waals surface area contributed by atoms with Crippen LogP contribution in [0.4, 0.5) is 5.69 Å². The van der Waals surface area contributed by atoms with Gasteiger partial charge < -0.3 is 15.0 Å². The fraction of sp³-hybridized carbons (Fsp3) is 0.364. The number of rotatable bonds is 6. The highest BCUT2D eigenvalue weighted by Gasteiger charge is 2.22. The Bertz CT molecular complexity index is 847. The molecule has 27 heavy (non-hydrogen) atoms. The van der Waals surface area contributed by atoms with Crippen molar-refractivity contribution in [2.75, 3.05) is 18.1 Å². The molecule has 0 unspecified atom stereocenters. The van der Waals surface area contributed by atoms with Crippen LogP contribution < -0.4 is 15.0 Å². The van der Waals surface area contributed by atoms with Crippen molar-refractivity contribution in [3.63, 3.8) is 0 Å². The Hall–Kier alpha value is -2.82. The van der Waals surface area contributed by atoms with Gasteiger partial charge in [0.25, 0.3) is 5.91 Å². The maximum Gasteiger partial charge on any atom is 0.251 e. The van der Waals surface area contributed by atoms with E-state index in [1.165, 1.54) is 11.1 Å². The third-order valence-corrected chi connectivity index (χ3v) is 4.85. The zero-order valence-corrected chi connectivity index (χ0v) is 16.1. The number of hydrogen-bond acceptors (Lipinski definition) is 3. The van der Waals surface area contributed by atoms with E-state index in [0.29, 0.717) is 25.1 Å². The summed E-state index contributed by atoms with van der Waals surface area (Å²) in [5, 5.41) is 2.95. The topological polar surface area (TPSA) is 58.6 Å². The molecule has 5 nitrogen and oxygen atoms in total. The zero-order valence-electron chi connectivity index (χ0n) is 16.1. The van der Waals surface area contributed by atoms with E-state index in [9.17, 15) is 9.59 Å². The summed E-state index contributed by atoms with van der Waals surface area (Å²) < 4.78 is 5.79. The number of ether oxygens (including phenoxy) is 1. The van der Waals surface area contributed by atoms with E-state index in [1.807, 2.05) is 44.2 Å². The van der Waals surface area contributed by atoms with Crippen LogP contribution in [0.3, 0.4) is 0 Å². The molecular weight excluding hydrogens is 340 g/mol. The molecule has 0 radical (unpaired) electrons. The lowest BCUT2D eigenvalue weighted by molar-refractivity contribution is -0.117. The number of nitrogens with zero attached hydrogens (tertiary/aromatic N) is 1. The largest absolute Gasteiger partial charge is 0.491 e. The summed E-state index contributed by atoms with van der Waals surface area (Å²) >= 11 is 0. The van der Waals surface area contributed by atoms with E-state index in [-0.39, 0.29) is 17.9 Å². The maximum atomic E-state index is 12.5. The van der Waals surface area contributed by atoms with Gasteiger partial charge in [-0.1, -0.05) is 12.1 Å². The number of benzene rings is 2. The van der Waals surface area contributed by atoms with Gasteiger partial charge in [-0.3, -0.25) is 9.59 Å². The molecule has 2 amide bonds. The Labute approximate surface area is 160 Å². The summed E-state index contributed by atoms with van der Waals surface area (Å²) in [4.78, 5) is 26.2. The standard InChI is InChI=1S/C22H26N2O3/c1-15-9-10-20(12-16(15)2)27-14-17(3)23-22(26)18-6-4-7-19(13-18)24-11-5-8-21(24)25/h4,6-7,9-10,12-13,17H,5,8,11,14H2,1-3H3,(H,23,26)/t17-/m0/s1. The van der Waals surface area contributed by atoms with Crippen molar-refractivity contribution in [3.05, 3.63) is 59.2 Å². The van der Waals surface area contributed by atoms with E-state index in [0.717, 1.165) is 17.9 Å². The normalized spacial score (nSPS) is 14.9. The van der Waals surface area contributed by atoms with Crippen LogP contribution in [0.1, 0.15) is 41.3 Å². The van der Waals surface area contributed by atoms with E-state index in [2.05, 4.69) is 12.2 Å². The highest BCUT2D eigenvalue weighted by atomic mass is 16.5. The minimum absolute atomic E-state index is 0.114. The van der Waals surface area contributed by atoms with Gasteiger partial charge in [-0.05, 0) is 68.7 Å². The molecule has 1 N–H and O–H groups in total. The van der Waals surface area contributed by atoms with Crippen LogP contribution in [0.2, 0.25) is 0 Å². The van der Waals surface area contributed by atoms with Gasteiger partial charge in [0, 0.05) is 24.2 Å². The Morgan fingerprint density at radius 2 is 2.00 bits per heavy atom. The van der Waals surface area contributed by atoms with Crippen molar-refractivity contribution in [1.29, 1.82) is 0 Å². The molecule has 1 heterocycles. The van der Waals surface area contributed by atoms with Gasteiger partial charge in [0.2, 0.25) is 5.91 Å². The minimum Gasteiger partial charge on any atom is -0.491 e. The molecule has 0 saturated carbocycles. The number of carbonyl (C=O) groups is 2. The van der Waals surface area contributed by atoms with Crippen LogP contribution in [-0.4, -0.2) is 31.0 Å². The third kappa shape index (κ3) is 4.67. The first-order chi connectivity index (χ1) is 12.9. The quantitative estimate of drug-likeness (QED) is 0.849. The van der Waals surface area contributed by atoms with Crippen molar-refractivity contribution in [1.82, 2.24) is 5.32 Å². The second kappa shape index (κ2) is 8.25. The molecule has 1 fully saturated rings. The number of hydrogen-bond donors (Lipinski definition) is 1. The third-order valence-electron chi connectivity index (χ3n) is 4.85. The van der Waals surface area contributed by atoms with Gasteiger partial charge in [0.1, 0.15) is 12.4 Å². The van der Waals surface area contributed by atoms with Gasteiger partial charge in [0.15, 0.2) is 0 Å². The molecule has 3 rings (SSSR count). The number of aryl methyl sites for hydroxylation is 2. The molecule has 0 bridgehead atoms. The number of carbonyl (C=O) groups excluding carboxylic acids is 2. The van der Waals surface area contributed by atoms with Gasteiger partial charge in [-0.25, -0.2) is 0 Å². The average molecular weight is 366 g/mol. The molecule has 142 valence electrons. The van der Waals surface area contributed by atoms with E-state index in [1.54, 1.807) is 17.0 Å². The highest BCUT2D eigenvalue weighted by Crippen LogP contribution is 2.22. The summed E-state index contributed by atoms with van der Waals surface area (Å²) in [5.74, 6) is 0.746. The molecule has 0 aliphatic carbocycles. The average Bonchev–Trinajstić information content (AvgIpc) is 3.09. The molecule has 0 aromatic heterocycles. The fourth-order valence-corrected chi connectivity index (χ4v) is 3.11. The van der Waals surface area contributed by atoms with Crippen LogP contribution in [0.5, 0.6) is 5.75 Å². The fourth-order valence-electron chi connectivity index (χ4n) is 3.11. The van der Waals surface area contributed by atoms with Crippen LogP contribution in [0, 0.1) is 13.8 Å². The summed E-state index contributed by atoms with van der Waals surface area (Å²) in [5.41, 5.74) is 3.73. The number of amides is 2. The van der Waals surface area contributed by atoms with Crippen molar-refractivity contribution in [2.24, 2.45) is 0 Å². The van der Waals surface area contributed by atoms with E-state index in [4.69, 9.17) is 4.74 Å². The first-order valence-corrected chi connectivity index (χ1v) is 9.35. The molecular formula is C22H26N2O3. The molecule has 1 atom stereocenters. The molecule has 1 aliphatic rings. The van der Waals surface area contributed by atoms with Crippen LogP contribution in [-0.2, 0) is 4.79 Å². The molecule has 5 heteroatoms. The molecule has 1 saturated heterocycles. The van der Waals surface area contributed by atoms with Crippen molar-refractivity contribution in [3.8, 4) is 5.75 Å². The first-order valence-electron chi connectivity index (χ1n) is 9.35. The second-order valence-electron chi connectivity index (χ2n) is 7.13. The predicted octanol–water partition coefficient (Wildman–Crippen LogP) is 3.63. The summed E-state index contributed by atoms with van der Waals surface area (Å²) in [6, 6.07) is 13.0. The number of nitrogens with one attached hydrogen (secondary N) is 1. The summed E-state index contributed by atoms with van der Waals surface area (Å²) in [6.45, 7) is 7.12. The van der Waals surface area contributed by atoms with Crippen molar-refractivity contribution < 1.29 is 14.3 Å². The zero-order chi connectivity index (χ0) is 19.4. The maximum absolute atomic E-state index is 12.5. The Morgan fingerprint density at radius 3 is 2.70 bits per heavy atom. The Kier molecular flexibility index (Phi) is 5.79. The monoisotopic (exact) mass is 366 g/mol. The molecule has 1 aliphatic heterocycles. The van der Waals surface area contributed by atoms with E-state index < -0.39 is 0 Å². The van der Waals surface area contributed by atoms with Crippen molar-refractivity contribution in [2.45, 2.75) is 39.7 Å². The van der Waals surface area contributed by atoms with Crippen LogP contribution in [0.15, 0.2) is 42.5 Å². The summed E-state index contributed by atoms with van der Waals surface area (Å²) in [6.07, 6.45) is 1.44. The minimum atomic E-state index is -0.167. The molecule has 2 aromatic rings. The van der Waals surface area contributed by atoms with Gasteiger partial charge in [-0.2, -0.15) is 0 Å². The summed E-state index contributed by atoms with van der Waals surface area (Å²) in [7, 11) is 0. The predicted molar refractivity (Wildman–Crippen MR) is 106 cm³/mol. The lowest BCUT2D eigenvalue weighted by Gasteiger charge is -2.18. The smallest absolute Gasteiger partial charge is 0.251 e. The second-order valence-corrected chi connectivity index (χ2v) is 7.13. The lowest BCUT2D eigenvalue weighted by Crippen LogP contribution is -2.37. The van der Waals surface area contributed by atoms with Gasteiger partial charge in [0.05, 0.1) is 6.04 Å². The van der Waals surface area contributed by atoms with Crippen LogP contribution in [0.25, 0.3) is 0 Å². The highest BCUT2D eigenvalue weighted by molar-refractivity contribution is 5.99. The lowest BCUT2D eigenvalue weighted by atomic mass is 10.1. The number of anilines is 1.